The predicted molar refractivity (Wildman–Crippen MR) is 68.9 cm³/mol. The van der Waals surface area contributed by atoms with Crippen molar-refractivity contribution in [3.8, 4) is 0 Å². The van der Waals surface area contributed by atoms with Gasteiger partial charge in [-0.05, 0) is 12.8 Å². The van der Waals surface area contributed by atoms with Gasteiger partial charge in [0.25, 0.3) is 0 Å². The molecule has 0 bridgehead atoms. The maximum atomic E-state index is 10.9. The molecule has 0 unspecified atom stereocenters. The zero-order chi connectivity index (χ0) is 13.5. The van der Waals surface area contributed by atoms with E-state index < -0.39 is 5.97 Å². The number of carboxylic acids is 1. The maximum Gasteiger partial charge on any atom is 0.358 e. The smallest absolute Gasteiger partial charge is 0.358 e. The monoisotopic (exact) mass is 261 g/mol. The quantitative estimate of drug-likeness (QED) is 0.729. The molecule has 0 aromatic carbocycles. The lowest BCUT2D eigenvalue weighted by atomic mass is 10.3. The maximum absolute atomic E-state index is 10.9. The summed E-state index contributed by atoms with van der Waals surface area (Å²) in [4.78, 5) is 22.6. The molecular formula is C12H15N5O2. The van der Waals surface area contributed by atoms with Crippen LogP contribution in [-0.2, 0) is 6.54 Å². The second-order valence-corrected chi connectivity index (χ2v) is 3.99. The first-order valence-corrected chi connectivity index (χ1v) is 6.01. The topological polar surface area (TPSA) is 92.9 Å². The summed E-state index contributed by atoms with van der Waals surface area (Å²) in [7, 11) is 0. The number of hydrogen-bond acceptors (Lipinski definition) is 5. The van der Waals surface area contributed by atoms with Gasteiger partial charge in [-0.3, -0.25) is 0 Å². The average Bonchev–Trinajstić information content (AvgIpc) is 2.92. The van der Waals surface area contributed by atoms with Gasteiger partial charge in [-0.25, -0.2) is 19.7 Å². The Morgan fingerprint density at radius 3 is 2.84 bits per heavy atom. The number of nitrogens with zero attached hydrogens (tertiary/aromatic N) is 4. The molecule has 2 aromatic heterocycles. The molecule has 7 heteroatoms. The summed E-state index contributed by atoms with van der Waals surface area (Å²) in [5.41, 5.74) is -0.0443. The van der Waals surface area contributed by atoms with Crippen molar-refractivity contribution in [1.82, 2.24) is 19.5 Å². The second-order valence-electron chi connectivity index (χ2n) is 3.99. The van der Waals surface area contributed by atoms with Gasteiger partial charge < -0.3 is 15.0 Å². The van der Waals surface area contributed by atoms with Gasteiger partial charge in [0.05, 0.1) is 6.33 Å². The first-order valence-electron chi connectivity index (χ1n) is 6.01. The summed E-state index contributed by atoms with van der Waals surface area (Å²) in [5.74, 6) is -0.758. The van der Waals surface area contributed by atoms with Gasteiger partial charge in [-0.15, -0.1) is 0 Å². The largest absolute Gasteiger partial charge is 0.476 e. The zero-order valence-corrected chi connectivity index (χ0v) is 10.4. The molecule has 0 spiro atoms. The van der Waals surface area contributed by atoms with Crippen LogP contribution in [0.15, 0.2) is 31.1 Å². The molecule has 2 N–H and O–H groups in total. The van der Waals surface area contributed by atoms with Crippen LogP contribution in [-0.4, -0.2) is 37.1 Å². The summed E-state index contributed by atoms with van der Waals surface area (Å²) in [5, 5.41) is 11.9. The summed E-state index contributed by atoms with van der Waals surface area (Å²) in [6.45, 7) is 1.56. The molecular weight excluding hydrogens is 246 g/mol. The minimum atomic E-state index is -1.07. The Morgan fingerprint density at radius 1 is 1.26 bits per heavy atom. The Morgan fingerprint density at radius 2 is 2.11 bits per heavy atom. The van der Waals surface area contributed by atoms with Crippen molar-refractivity contribution in [2.24, 2.45) is 0 Å². The highest BCUT2D eigenvalue weighted by Gasteiger charge is 2.11. The number of carboxylic acid groups (broad SMARTS) is 1. The van der Waals surface area contributed by atoms with Crippen LogP contribution in [0.5, 0.6) is 0 Å². The molecule has 0 radical (unpaired) electrons. The third kappa shape index (κ3) is 3.77. The highest BCUT2D eigenvalue weighted by atomic mass is 16.4. The highest BCUT2D eigenvalue weighted by molar-refractivity contribution is 5.90. The molecule has 0 aliphatic rings. The molecule has 0 amide bonds. The Bertz CT molecular complexity index is 527. The van der Waals surface area contributed by atoms with E-state index in [9.17, 15) is 4.79 Å². The lowest BCUT2D eigenvalue weighted by molar-refractivity contribution is 0.0691. The number of carbonyl (C=O) groups is 1. The number of anilines is 1. The molecule has 0 saturated heterocycles. The summed E-state index contributed by atoms with van der Waals surface area (Å²) >= 11 is 0. The van der Waals surface area contributed by atoms with E-state index in [1.54, 1.807) is 12.5 Å². The zero-order valence-electron chi connectivity index (χ0n) is 10.4. The predicted octanol–water partition coefficient (Wildman–Crippen LogP) is 1.26. The Kier molecular flexibility index (Phi) is 4.44. The fourth-order valence-corrected chi connectivity index (χ4v) is 1.67. The van der Waals surface area contributed by atoms with Crippen LogP contribution >= 0.6 is 0 Å². The van der Waals surface area contributed by atoms with Crippen molar-refractivity contribution < 1.29 is 9.90 Å². The third-order valence-corrected chi connectivity index (χ3v) is 2.60. The molecule has 0 aliphatic carbocycles. The molecule has 19 heavy (non-hydrogen) atoms. The summed E-state index contributed by atoms with van der Waals surface area (Å²) in [6, 6.07) is 0. The van der Waals surface area contributed by atoms with E-state index in [1.165, 1.54) is 12.4 Å². The number of aryl methyl sites for hydroxylation is 1. The van der Waals surface area contributed by atoms with Crippen LogP contribution in [0.1, 0.15) is 23.3 Å². The van der Waals surface area contributed by atoms with Gasteiger partial charge >= 0.3 is 5.97 Å². The van der Waals surface area contributed by atoms with Crippen molar-refractivity contribution in [3.05, 3.63) is 36.8 Å². The molecule has 0 saturated carbocycles. The van der Waals surface area contributed by atoms with Crippen LogP contribution < -0.4 is 5.32 Å². The Balaban J connectivity index is 1.75. The van der Waals surface area contributed by atoms with Gasteiger partial charge in [-0.2, -0.15) is 0 Å². The molecule has 2 rings (SSSR count). The number of aromatic nitrogens is 4. The van der Waals surface area contributed by atoms with Crippen molar-refractivity contribution in [2.75, 3.05) is 11.9 Å². The fraction of sp³-hybridized carbons (Fsp3) is 0.333. The number of rotatable bonds is 7. The first kappa shape index (κ1) is 13.0. The molecule has 100 valence electrons. The van der Waals surface area contributed by atoms with Crippen molar-refractivity contribution >= 4 is 11.8 Å². The highest BCUT2D eigenvalue weighted by Crippen LogP contribution is 2.08. The number of imidazole rings is 1. The molecule has 2 heterocycles. The number of hydrogen-bond donors (Lipinski definition) is 2. The van der Waals surface area contributed by atoms with Gasteiger partial charge in [0, 0.05) is 37.9 Å². The van der Waals surface area contributed by atoms with Crippen LogP contribution in [0.3, 0.4) is 0 Å². The van der Waals surface area contributed by atoms with Crippen LogP contribution in [0.4, 0.5) is 5.82 Å². The van der Waals surface area contributed by atoms with Gasteiger partial charge in [-0.1, -0.05) is 0 Å². The third-order valence-electron chi connectivity index (χ3n) is 2.60. The molecule has 0 atom stereocenters. The number of nitrogens with one attached hydrogen (secondary N) is 1. The van der Waals surface area contributed by atoms with E-state index in [-0.39, 0.29) is 5.69 Å². The second kappa shape index (κ2) is 6.48. The summed E-state index contributed by atoms with van der Waals surface area (Å²) < 4.78 is 2.00. The lowest BCUT2D eigenvalue weighted by Gasteiger charge is -2.07. The lowest BCUT2D eigenvalue weighted by Crippen LogP contribution is -2.11. The standard InChI is InChI=1S/C12H15N5O2/c18-12(19)10-11(16-5-4-14-10)15-3-1-2-7-17-8-6-13-9-17/h4-6,8-9H,1-3,7H2,(H,15,16)(H,18,19). The molecule has 7 nitrogen and oxygen atoms in total. The fourth-order valence-electron chi connectivity index (χ4n) is 1.67. The Hall–Kier alpha value is -2.44. The van der Waals surface area contributed by atoms with Crippen LogP contribution in [0, 0.1) is 0 Å². The molecule has 0 aliphatic heterocycles. The van der Waals surface area contributed by atoms with Crippen LogP contribution in [0.2, 0.25) is 0 Å². The van der Waals surface area contributed by atoms with E-state index in [0.29, 0.717) is 12.4 Å². The van der Waals surface area contributed by atoms with Crippen molar-refractivity contribution in [2.45, 2.75) is 19.4 Å². The van der Waals surface area contributed by atoms with Crippen molar-refractivity contribution in [1.29, 1.82) is 0 Å². The van der Waals surface area contributed by atoms with E-state index in [4.69, 9.17) is 5.11 Å². The minimum Gasteiger partial charge on any atom is -0.476 e. The summed E-state index contributed by atoms with van der Waals surface area (Å²) in [6.07, 6.45) is 10.2. The first-order chi connectivity index (χ1) is 9.27. The normalized spacial score (nSPS) is 10.3. The van der Waals surface area contributed by atoms with Gasteiger partial charge in [0.15, 0.2) is 11.5 Å². The number of unbranched alkanes of at least 4 members (excludes halogenated alkanes) is 1. The molecule has 2 aromatic rings. The molecule has 0 fully saturated rings. The van der Waals surface area contributed by atoms with E-state index in [0.717, 1.165) is 19.4 Å². The van der Waals surface area contributed by atoms with Crippen LogP contribution in [0.25, 0.3) is 0 Å². The van der Waals surface area contributed by atoms with Gasteiger partial charge in [0.2, 0.25) is 0 Å². The van der Waals surface area contributed by atoms with E-state index in [1.807, 2.05) is 10.8 Å². The minimum absolute atomic E-state index is 0.0443. The van der Waals surface area contributed by atoms with E-state index in [2.05, 4.69) is 20.3 Å². The van der Waals surface area contributed by atoms with Gasteiger partial charge in [0.1, 0.15) is 0 Å². The van der Waals surface area contributed by atoms with Crippen molar-refractivity contribution in [3.63, 3.8) is 0 Å². The van der Waals surface area contributed by atoms with E-state index >= 15 is 0 Å². The Labute approximate surface area is 110 Å². The SMILES string of the molecule is O=C(O)c1nccnc1NCCCCn1ccnc1. The number of aromatic carboxylic acids is 1. The average molecular weight is 261 g/mol.